The molecule has 28 heavy (non-hydrogen) atoms. The summed E-state index contributed by atoms with van der Waals surface area (Å²) in [6.45, 7) is 1.87. The van der Waals surface area contributed by atoms with Crippen molar-refractivity contribution in [3.8, 4) is 17.0 Å². The zero-order chi connectivity index (χ0) is 19.8. The van der Waals surface area contributed by atoms with E-state index in [1.54, 1.807) is 7.11 Å². The van der Waals surface area contributed by atoms with Crippen LogP contribution in [0.4, 0.5) is 17.5 Å². The molecule has 0 saturated heterocycles. The average molecular weight is 377 g/mol. The van der Waals surface area contributed by atoms with Crippen molar-refractivity contribution in [3.63, 3.8) is 0 Å². The lowest BCUT2D eigenvalue weighted by Gasteiger charge is -2.14. The number of ether oxygens (including phenoxy) is 1. The number of nitrogens with one attached hydrogen (secondary N) is 2. The highest BCUT2D eigenvalue weighted by atomic mass is 16.5. The number of methoxy groups -OCH3 is 1. The highest BCUT2D eigenvalue weighted by molar-refractivity contribution is 5.68. The molecule has 0 aliphatic carbocycles. The highest BCUT2D eigenvalue weighted by Crippen LogP contribution is 2.28. The first-order chi connectivity index (χ1) is 13.7. The lowest BCUT2D eigenvalue weighted by Crippen LogP contribution is -2.17. The summed E-state index contributed by atoms with van der Waals surface area (Å²) in [5, 5.41) is 6.70. The van der Waals surface area contributed by atoms with Crippen LogP contribution in [0.2, 0.25) is 0 Å². The van der Waals surface area contributed by atoms with Crippen molar-refractivity contribution in [2.45, 2.75) is 6.42 Å². The van der Waals surface area contributed by atoms with Crippen molar-refractivity contribution < 1.29 is 4.74 Å². The molecule has 0 amide bonds. The van der Waals surface area contributed by atoms with Gasteiger partial charge < -0.3 is 20.3 Å². The minimum absolute atomic E-state index is 0.529. The van der Waals surface area contributed by atoms with E-state index in [9.17, 15) is 0 Å². The molecule has 0 radical (unpaired) electrons. The van der Waals surface area contributed by atoms with Crippen molar-refractivity contribution in [1.29, 1.82) is 0 Å². The third-order valence-electron chi connectivity index (χ3n) is 4.24. The molecule has 2 N–H and O–H groups in total. The first-order valence-electron chi connectivity index (χ1n) is 9.39. The maximum Gasteiger partial charge on any atom is 0.229 e. The van der Waals surface area contributed by atoms with Gasteiger partial charge in [-0.25, -0.2) is 4.98 Å². The summed E-state index contributed by atoms with van der Waals surface area (Å²) in [7, 11) is 5.81. The summed E-state index contributed by atoms with van der Waals surface area (Å²) >= 11 is 0. The molecule has 0 aliphatic rings. The summed E-state index contributed by atoms with van der Waals surface area (Å²) in [6, 6.07) is 19.8. The van der Waals surface area contributed by atoms with Crippen LogP contribution >= 0.6 is 0 Å². The molecule has 0 atom stereocenters. The monoisotopic (exact) mass is 377 g/mol. The molecular formula is C22H27N5O. The molecule has 6 heteroatoms. The van der Waals surface area contributed by atoms with Crippen molar-refractivity contribution in [3.05, 3.63) is 60.7 Å². The summed E-state index contributed by atoms with van der Waals surface area (Å²) in [5.74, 6) is 2.07. The molecule has 0 aliphatic heterocycles. The Morgan fingerprint density at radius 2 is 1.71 bits per heavy atom. The van der Waals surface area contributed by atoms with Gasteiger partial charge in [0.15, 0.2) is 0 Å². The van der Waals surface area contributed by atoms with Gasteiger partial charge in [-0.2, -0.15) is 4.98 Å². The molecule has 3 aromatic rings. The molecule has 3 rings (SSSR count). The number of aromatic nitrogens is 2. The molecule has 0 fully saturated rings. The minimum atomic E-state index is 0.529. The van der Waals surface area contributed by atoms with Crippen LogP contribution in [-0.2, 0) is 0 Å². The summed E-state index contributed by atoms with van der Waals surface area (Å²) < 4.78 is 5.43. The van der Waals surface area contributed by atoms with Gasteiger partial charge in [0.1, 0.15) is 11.6 Å². The summed E-state index contributed by atoms with van der Waals surface area (Å²) in [6.07, 6.45) is 1.03. The predicted molar refractivity (Wildman–Crippen MR) is 115 cm³/mol. The quantitative estimate of drug-likeness (QED) is 0.543. The van der Waals surface area contributed by atoms with Crippen LogP contribution in [-0.4, -0.2) is 49.2 Å². The number of benzene rings is 2. The number of para-hydroxylation sites is 2. The standard InChI is InChI=1S/C22H27N5O/c1-27(2)15-9-14-23-21-16-19(17-10-5-4-6-11-17)25-22(26-21)24-18-12-7-8-13-20(18)28-3/h4-8,10-13,16H,9,14-15H2,1-3H3,(H2,23,24,25,26). The fraction of sp³-hybridized carbons (Fsp3) is 0.273. The largest absolute Gasteiger partial charge is 0.495 e. The van der Waals surface area contributed by atoms with Gasteiger partial charge in [0, 0.05) is 18.2 Å². The van der Waals surface area contributed by atoms with Crippen LogP contribution in [0.15, 0.2) is 60.7 Å². The van der Waals surface area contributed by atoms with Gasteiger partial charge in [-0.1, -0.05) is 42.5 Å². The normalized spacial score (nSPS) is 10.7. The molecule has 1 aromatic heterocycles. The lowest BCUT2D eigenvalue weighted by molar-refractivity contribution is 0.405. The highest BCUT2D eigenvalue weighted by Gasteiger charge is 2.09. The van der Waals surface area contributed by atoms with E-state index in [1.807, 2.05) is 60.7 Å². The zero-order valence-corrected chi connectivity index (χ0v) is 16.6. The van der Waals surface area contributed by atoms with Gasteiger partial charge in [0.05, 0.1) is 18.5 Å². The molecular weight excluding hydrogens is 350 g/mol. The van der Waals surface area contributed by atoms with E-state index in [1.165, 1.54) is 0 Å². The van der Waals surface area contributed by atoms with Crippen LogP contribution < -0.4 is 15.4 Å². The maximum absolute atomic E-state index is 5.43. The van der Waals surface area contributed by atoms with Crippen LogP contribution in [0.3, 0.4) is 0 Å². The van der Waals surface area contributed by atoms with Gasteiger partial charge in [0.25, 0.3) is 0 Å². The van der Waals surface area contributed by atoms with E-state index in [2.05, 4.69) is 34.6 Å². The molecule has 0 bridgehead atoms. The molecule has 0 spiro atoms. The molecule has 1 heterocycles. The Bertz CT molecular complexity index is 883. The first kappa shape index (κ1) is 19.6. The van der Waals surface area contributed by atoms with E-state index in [0.29, 0.717) is 5.95 Å². The SMILES string of the molecule is COc1ccccc1Nc1nc(NCCCN(C)C)cc(-c2ccccc2)n1. The molecule has 2 aromatic carbocycles. The van der Waals surface area contributed by atoms with Crippen LogP contribution in [0, 0.1) is 0 Å². The number of anilines is 3. The molecule has 146 valence electrons. The molecule has 0 saturated carbocycles. The summed E-state index contributed by atoms with van der Waals surface area (Å²) in [4.78, 5) is 11.5. The minimum Gasteiger partial charge on any atom is -0.495 e. The third kappa shape index (κ3) is 5.44. The Labute approximate surface area is 166 Å². The van der Waals surface area contributed by atoms with E-state index >= 15 is 0 Å². The smallest absolute Gasteiger partial charge is 0.229 e. The second-order valence-electron chi connectivity index (χ2n) is 6.74. The zero-order valence-electron chi connectivity index (χ0n) is 16.6. The van der Waals surface area contributed by atoms with E-state index in [0.717, 1.165) is 48.0 Å². The topological polar surface area (TPSA) is 62.3 Å². The van der Waals surface area contributed by atoms with Gasteiger partial charge in [-0.15, -0.1) is 0 Å². The molecule has 0 unspecified atom stereocenters. The third-order valence-corrected chi connectivity index (χ3v) is 4.24. The second kappa shape index (κ2) is 9.71. The van der Waals surface area contributed by atoms with Crippen LogP contribution in [0.25, 0.3) is 11.3 Å². The van der Waals surface area contributed by atoms with Crippen molar-refractivity contribution in [2.75, 3.05) is 44.9 Å². The van der Waals surface area contributed by atoms with Crippen LogP contribution in [0.1, 0.15) is 6.42 Å². The Morgan fingerprint density at radius 1 is 0.964 bits per heavy atom. The predicted octanol–water partition coefficient (Wildman–Crippen LogP) is 4.26. The average Bonchev–Trinajstić information content (AvgIpc) is 2.72. The molecule has 6 nitrogen and oxygen atoms in total. The fourth-order valence-electron chi connectivity index (χ4n) is 2.83. The number of nitrogens with zero attached hydrogens (tertiary/aromatic N) is 3. The van der Waals surface area contributed by atoms with Gasteiger partial charge in [-0.05, 0) is 39.2 Å². The fourth-order valence-corrected chi connectivity index (χ4v) is 2.83. The van der Waals surface area contributed by atoms with Gasteiger partial charge in [0.2, 0.25) is 5.95 Å². The first-order valence-corrected chi connectivity index (χ1v) is 9.39. The second-order valence-corrected chi connectivity index (χ2v) is 6.74. The number of hydrogen-bond acceptors (Lipinski definition) is 6. The van der Waals surface area contributed by atoms with E-state index in [4.69, 9.17) is 9.72 Å². The number of rotatable bonds is 9. The summed E-state index contributed by atoms with van der Waals surface area (Å²) in [5.41, 5.74) is 2.74. The van der Waals surface area contributed by atoms with Crippen LogP contribution in [0.5, 0.6) is 5.75 Å². The van der Waals surface area contributed by atoms with Crippen molar-refractivity contribution >= 4 is 17.5 Å². The Morgan fingerprint density at radius 3 is 2.46 bits per heavy atom. The Kier molecular flexibility index (Phi) is 6.81. The van der Waals surface area contributed by atoms with Crippen molar-refractivity contribution in [1.82, 2.24) is 14.9 Å². The van der Waals surface area contributed by atoms with E-state index in [-0.39, 0.29) is 0 Å². The Hall–Kier alpha value is -3.12. The Balaban J connectivity index is 1.86. The maximum atomic E-state index is 5.43. The lowest BCUT2D eigenvalue weighted by atomic mass is 10.1. The van der Waals surface area contributed by atoms with Crippen molar-refractivity contribution in [2.24, 2.45) is 0 Å². The van der Waals surface area contributed by atoms with Gasteiger partial charge >= 0.3 is 0 Å². The van der Waals surface area contributed by atoms with E-state index < -0.39 is 0 Å². The van der Waals surface area contributed by atoms with Gasteiger partial charge in [-0.3, -0.25) is 0 Å². The number of hydrogen-bond donors (Lipinski definition) is 2.